The summed E-state index contributed by atoms with van der Waals surface area (Å²) in [6.45, 7) is 8.84. The van der Waals surface area contributed by atoms with E-state index in [1.807, 2.05) is 52.0 Å². The van der Waals surface area contributed by atoms with Gasteiger partial charge in [0.25, 0.3) is 0 Å². The molecule has 3 rings (SSSR count). The van der Waals surface area contributed by atoms with Gasteiger partial charge in [0.15, 0.2) is 0 Å². The van der Waals surface area contributed by atoms with E-state index in [1.165, 1.54) is 12.1 Å². The molecule has 6 nitrogen and oxygen atoms in total. The van der Waals surface area contributed by atoms with Crippen molar-refractivity contribution in [3.8, 4) is 34.2 Å². The van der Waals surface area contributed by atoms with Gasteiger partial charge in [0.2, 0.25) is 13.2 Å². The van der Waals surface area contributed by atoms with E-state index in [-0.39, 0.29) is 0 Å². The summed E-state index contributed by atoms with van der Waals surface area (Å²) in [7, 11) is -3.83. The van der Waals surface area contributed by atoms with Gasteiger partial charge in [-0.25, -0.2) is 9.18 Å². The number of aromatic nitrogens is 1. The molecule has 0 aliphatic heterocycles. The molecule has 0 aliphatic carbocycles. The molecule has 0 bridgehead atoms. The summed E-state index contributed by atoms with van der Waals surface area (Å²) in [5.41, 5.74) is 3.98. The fourth-order valence-electron chi connectivity index (χ4n) is 3.89. The number of nitrogens with zero attached hydrogens (tertiary/aromatic N) is 1. The van der Waals surface area contributed by atoms with Crippen LogP contribution in [0.1, 0.15) is 44.5 Å². The summed E-state index contributed by atoms with van der Waals surface area (Å²) < 4.78 is 25.9. The molecule has 8 heteroatoms. The standard InChI is InChI=1S/C28H29FNO5P/c1-17-8-6-7-9-21(17)24-16-23(19-10-12-20(29)13-11-19)22(25(30-24)27(3,4)5)14-15-28(18(2)31,26(32)33)36(34)35/h6-13,16,18,31,36H,1-5H3,(H,32,33)(H,34,35). The molecule has 2 aromatic carbocycles. The van der Waals surface area contributed by atoms with Gasteiger partial charge in [-0.05, 0) is 43.2 Å². The second-order valence-corrected chi connectivity index (χ2v) is 11.1. The number of aliphatic hydroxyl groups is 1. The molecular weight excluding hydrogens is 480 g/mol. The SMILES string of the molecule is Cc1ccccc1-c1cc(-c2ccc(F)cc2)c(C#CC(C(=O)O)(C(C)O)[PH](=O)O)c(C(C)(C)C)n1. The third kappa shape index (κ3) is 5.27. The van der Waals surface area contributed by atoms with Gasteiger partial charge in [0.05, 0.1) is 23.1 Å². The maximum absolute atomic E-state index is 13.7. The van der Waals surface area contributed by atoms with Crippen LogP contribution in [0.3, 0.4) is 0 Å². The average Bonchev–Trinajstić information content (AvgIpc) is 2.79. The predicted molar refractivity (Wildman–Crippen MR) is 139 cm³/mol. The predicted octanol–water partition coefficient (Wildman–Crippen LogP) is 5.18. The largest absolute Gasteiger partial charge is 0.480 e. The minimum absolute atomic E-state index is 0.334. The minimum atomic E-state index is -3.83. The van der Waals surface area contributed by atoms with Crippen molar-refractivity contribution < 1.29 is 28.9 Å². The zero-order valence-electron chi connectivity index (χ0n) is 20.8. The van der Waals surface area contributed by atoms with Gasteiger partial charge in [-0.2, -0.15) is 0 Å². The summed E-state index contributed by atoms with van der Waals surface area (Å²) in [6.07, 6.45) is -1.72. The van der Waals surface area contributed by atoms with Crippen LogP contribution in [0.4, 0.5) is 4.39 Å². The van der Waals surface area contributed by atoms with Crippen molar-refractivity contribution in [1.82, 2.24) is 4.98 Å². The van der Waals surface area contributed by atoms with Crippen LogP contribution in [-0.4, -0.2) is 37.3 Å². The third-order valence-corrected chi connectivity index (χ3v) is 7.42. The van der Waals surface area contributed by atoms with E-state index in [9.17, 15) is 28.9 Å². The number of pyridine rings is 1. The molecule has 188 valence electrons. The summed E-state index contributed by atoms with van der Waals surface area (Å²) in [5, 5.41) is 17.4. The quantitative estimate of drug-likeness (QED) is 0.323. The number of carbonyl (C=O) groups is 1. The number of benzene rings is 2. The Balaban J connectivity index is 2.46. The maximum Gasteiger partial charge on any atom is 0.334 e. The number of aliphatic hydroxyl groups excluding tert-OH is 1. The van der Waals surface area contributed by atoms with Crippen LogP contribution in [0.5, 0.6) is 0 Å². The lowest BCUT2D eigenvalue weighted by atomic mass is 9.84. The Kier molecular flexibility index (Phi) is 7.85. The van der Waals surface area contributed by atoms with Crippen LogP contribution in [0.15, 0.2) is 54.6 Å². The summed E-state index contributed by atoms with van der Waals surface area (Å²) in [5.74, 6) is 3.10. The van der Waals surface area contributed by atoms with Gasteiger partial charge in [0, 0.05) is 16.5 Å². The Hall–Kier alpha value is -3.30. The van der Waals surface area contributed by atoms with E-state index in [0.29, 0.717) is 28.1 Å². The number of halogens is 1. The van der Waals surface area contributed by atoms with E-state index in [2.05, 4.69) is 11.8 Å². The zero-order valence-corrected chi connectivity index (χ0v) is 21.8. The number of carboxylic acid groups (broad SMARTS) is 1. The number of hydrogen-bond acceptors (Lipinski definition) is 4. The molecule has 0 saturated carbocycles. The number of rotatable bonds is 5. The molecule has 3 atom stereocenters. The van der Waals surface area contributed by atoms with Crippen molar-refractivity contribution >= 4 is 14.0 Å². The summed E-state index contributed by atoms with van der Waals surface area (Å²) in [4.78, 5) is 26.8. The van der Waals surface area contributed by atoms with Gasteiger partial charge in [-0.3, -0.25) is 9.55 Å². The van der Waals surface area contributed by atoms with Crippen LogP contribution in [0.25, 0.3) is 22.4 Å². The van der Waals surface area contributed by atoms with E-state index in [1.54, 1.807) is 18.2 Å². The molecule has 1 heterocycles. The minimum Gasteiger partial charge on any atom is -0.480 e. The van der Waals surface area contributed by atoms with Gasteiger partial charge in [-0.1, -0.05) is 69.0 Å². The van der Waals surface area contributed by atoms with Gasteiger partial charge in [-0.15, -0.1) is 0 Å². The Morgan fingerprint density at radius 3 is 2.19 bits per heavy atom. The summed E-state index contributed by atoms with van der Waals surface area (Å²) >= 11 is 0. The Morgan fingerprint density at radius 2 is 1.69 bits per heavy atom. The molecule has 3 N–H and O–H groups in total. The first kappa shape index (κ1) is 27.3. The van der Waals surface area contributed by atoms with Gasteiger partial charge < -0.3 is 15.1 Å². The fraction of sp³-hybridized carbons (Fsp3) is 0.286. The number of aliphatic carboxylic acids is 1. The van der Waals surface area contributed by atoms with Crippen LogP contribution in [0.2, 0.25) is 0 Å². The molecule has 0 aliphatic rings. The Labute approximate surface area is 210 Å². The van der Waals surface area contributed by atoms with Crippen molar-refractivity contribution in [1.29, 1.82) is 0 Å². The van der Waals surface area contributed by atoms with E-state index >= 15 is 0 Å². The molecule has 1 aromatic heterocycles. The van der Waals surface area contributed by atoms with Crippen molar-refractivity contribution in [3.05, 3.63) is 77.2 Å². The molecule has 3 aromatic rings. The molecule has 0 radical (unpaired) electrons. The highest BCUT2D eigenvalue weighted by Crippen LogP contribution is 2.40. The summed E-state index contributed by atoms with van der Waals surface area (Å²) in [6, 6.07) is 15.3. The lowest BCUT2D eigenvalue weighted by Gasteiger charge is -2.25. The maximum atomic E-state index is 13.7. The average molecular weight is 510 g/mol. The molecule has 36 heavy (non-hydrogen) atoms. The van der Waals surface area contributed by atoms with Crippen molar-refractivity contribution in [3.63, 3.8) is 0 Å². The van der Waals surface area contributed by atoms with Crippen LogP contribution in [-0.2, 0) is 14.8 Å². The normalized spacial score (nSPS) is 14.8. The fourth-order valence-corrected chi connectivity index (χ4v) is 4.60. The molecule has 0 saturated heterocycles. The zero-order chi connectivity index (χ0) is 26.8. The van der Waals surface area contributed by atoms with Crippen LogP contribution >= 0.6 is 8.03 Å². The molecule has 0 spiro atoms. The van der Waals surface area contributed by atoms with Crippen LogP contribution in [0, 0.1) is 24.6 Å². The first-order valence-corrected chi connectivity index (χ1v) is 12.7. The highest BCUT2D eigenvalue weighted by Gasteiger charge is 2.48. The van der Waals surface area contributed by atoms with E-state index in [0.717, 1.165) is 18.1 Å². The van der Waals surface area contributed by atoms with Crippen molar-refractivity contribution in [2.75, 3.05) is 0 Å². The second-order valence-electron chi connectivity index (χ2n) is 9.69. The lowest BCUT2D eigenvalue weighted by molar-refractivity contribution is -0.141. The van der Waals surface area contributed by atoms with E-state index < -0.39 is 36.5 Å². The number of hydrogen-bond donors (Lipinski definition) is 3. The first-order valence-electron chi connectivity index (χ1n) is 11.3. The van der Waals surface area contributed by atoms with Crippen LogP contribution < -0.4 is 0 Å². The molecule has 3 unspecified atom stereocenters. The Morgan fingerprint density at radius 1 is 1.08 bits per heavy atom. The third-order valence-electron chi connectivity index (χ3n) is 5.99. The number of aryl methyl sites for hydroxylation is 1. The molecule has 0 amide bonds. The van der Waals surface area contributed by atoms with E-state index in [4.69, 9.17) is 4.98 Å². The highest BCUT2D eigenvalue weighted by atomic mass is 31.1. The monoisotopic (exact) mass is 509 g/mol. The topological polar surface area (TPSA) is 108 Å². The molecule has 0 fully saturated rings. The highest BCUT2D eigenvalue weighted by molar-refractivity contribution is 7.42. The van der Waals surface area contributed by atoms with Gasteiger partial charge in [0.1, 0.15) is 5.82 Å². The van der Waals surface area contributed by atoms with Gasteiger partial charge >= 0.3 is 5.97 Å². The smallest absolute Gasteiger partial charge is 0.334 e. The lowest BCUT2D eigenvalue weighted by Crippen LogP contribution is -2.43. The Bertz CT molecular complexity index is 1370. The first-order chi connectivity index (χ1) is 16.8. The number of carboxylic acids is 1. The van der Waals surface area contributed by atoms with Crippen molar-refractivity contribution in [2.24, 2.45) is 0 Å². The van der Waals surface area contributed by atoms with Crippen molar-refractivity contribution in [2.45, 2.75) is 51.3 Å². The molecular formula is C28H29FNO5P. The second kappa shape index (κ2) is 10.4.